The van der Waals surface area contributed by atoms with Crippen molar-refractivity contribution >= 4 is 46.4 Å². The van der Waals surface area contributed by atoms with E-state index >= 15 is 0 Å². The summed E-state index contributed by atoms with van der Waals surface area (Å²) in [7, 11) is 0. The van der Waals surface area contributed by atoms with E-state index in [1.807, 2.05) is 79.7 Å². The number of nitrogens with zero attached hydrogens (tertiary/aromatic N) is 2. The van der Waals surface area contributed by atoms with E-state index in [0.717, 1.165) is 16.9 Å². The summed E-state index contributed by atoms with van der Waals surface area (Å²) in [5.74, 6) is -4.42. The molecule has 8 heteroatoms. The molecule has 6 atom stereocenters. The largest absolute Gasteiger partial charge is 0.507 e. The molecule has 2 heterocycles. The van der Waals surface area contributed by atoms with E-state index in [1.165, 1.54) is 9.80 Å². The van der Waals surface area contributed by atoms with Gasteiger partial charge in [-0.1, -0.05) is 72.3 Å². The minimum Gasteiger partial charge on any atom is -0.507 e. The smallest absolute Gasteiger partial charge is 0.241 e. The van der Waals surface area contributed by atoms with Crippen LogP contribution in [-0.4, -0.2) is 28.7 Å². The maximum absolute atomic E-state index is 14.6. The van der Waals surface area contributed by atoms with Gasteiger partial charge in [0.2, 0.25) is 23.6 Å². The number of fused-ring (bicyclic) bond motifs is 4. The average molecular weight is 664 g/mol. The molecule has 250 valence electrons. The zero-order valence-corrected chi connectivity index (χ0v) is 27.7. The molecule has 4 aliphatic rings. The number of anilines is 4. The molecule has 3 fully saturated rings. The van der Waals surface area contributed by atoms with Crippen LogP contribution in [0.15, 0.2) is 127 Å². The second-order valence-corrected chi connectivity index (χ2v) is 13.9. The zero-order valence-electron chi connectivity index (χ0n) is 27.7. The van der Waals surface area contributed by atoms with Crippen LogP contribution in [0.3, 0.4) is 0 Å². The Balaban J connectivity index is 1.19. The molecule has 6 unspecified atom stereocenters. The van der Waals surface area contributed by atoms with Crippen molar-refractivity contribution in [3.63, 3.8) is 0 Å². The van der Waals surface area contributed by atoms with Gasteiger partial charge in [0.1, 0.15) is 5.75 Å². The molecule has 2 aliphatic carbocycles. The van der Waals surface area contributed by atoms with Crippen LogP contribution in [-0.2, 0) is 25.6 Å². The van der Waals surface area contributed by atoms with Gasteiger partial charge in [-0.2, -0.15) is 0 Å². The van der Waals surface area contributed by atoms with Gasteiger partial charge >= 0.3 is 0 Å². The molecule has 0 spiro atoms. The fraction of sp³-hybridized carbons (Fsp3) is 0.238. The molecule has 50 heavy (non-hydrogen) atoms. The number of benzene rings is 4. The highest BCUT2D eigenvalue weighted by Gasteiger charge is 2.68. The number of rotatable bonds is 7. The second kappa shape index (κ2) is 12.0. The molecule has 4 aromatic carbocycles. The molecule has 8 nitrogen and oxygen atoms in total. The lowest BCUT2D eigenvalue weighted by molar-refractivity contribution is -0.131. The standard InChI is InChI=1S/C42H37N3O5/c1-3-11-25-12-10-17-32(37(25)46)36-30-22-23-31-35(33(30)24-34-39(48)45(41(50)42(34,36)2)28-15-8-5-9-16-28)40(49)44(38(31)47)29-20-18-27(19-21-29)43-26-13-6-4-7-14-26/h3-10,12-22,31,33-36,43,46H,1,11,23-24H2,2H3. The van der Waals surface area contributed by atoms with Gasteiger partial charge < -0.3 is 10.4 Å². The Morgan fingerprint density at radius 2 is 1.44 bits per heavy atom. The normalized spacial score (nSPS) is 27.1. The molecule has 2 N–H and O–H groups in total. The molecule has 1 saturated carbocycles. The van der Waals surface area contributed by atoms with E-state index in [2.05, 4.69) is 11.9 Å². The maximum atomic E-state index is 14.6. The van der Waals surface area contributed by atoms with Crippen LogP contribution in [0.2, 0.25) is 0 Å². The van der Waals surface area contributed by atoms with E-state index < -0.39 is 35.0 Å². The van der Waals surface area contributed by atoms with E-state index in [1.54, 1.807) is 42.5 Å². The van der Waals surface area contributed by atoms with Gasteiger partial charge in [-0.25, -0.2) is 4.90 Å². The molecule has 4 amide bonds. The van der Waals surface area contributed by atoms with Crippen LogP contribution in [0.4, 0.5) is 22.7 Å². The number of hydrogen-bond donors (Lipinski definition) is 2. The minimum atomic E-state index is -1.24. The Labute approximate surface area is 290 Å². The van der Waals surface area contributed by atoms with Crippen LogP contribution >= 0.6 is 0 Å². The number of phenols is 1. The third-order valence-electron chi connectivity index (χ3n) is 11.3. The fourth-order valence-corrected chi connectivity index (χ4v) is 8.98. The lowest BCUT2D eigenvalue weighted by Crippen LogP contribution is -2.49. The molecule has 2 saturated heterocycles. The number of nitrogens with one attached hydrogen (secondary N) is 1. The summed E-state index contributed by atoms with van der Waals surface area (Å²) in [5.41, 5.74) is 3.51. The van der Waals surface area contributed by atoms with E-state index in [-0.39, 0.29) is 35.8 Å². The summed E-state index contributed by atoms with van der Waals surface area (Å²) in [6.07, 6.45) is 4.70. The van der Waals surface area contributed by atoms with Crippen LogP contribution in [0.5, 0.6) is 5.75 Å². The Bertz CT molecular complexity index is 2080. The Morgan fingerprint density at radius 1 is 0.780 bits per heavy atom. The summed E-state index contributed by atoms with van der Waals surface area (Å²) < 4.78 is 0. The van der Waals surface area contributed by atoms with Gasteiger partial charge in [0.15, 0.2) is 0 Å². The maximum Gasteiger partial charge on any atom is 0.241 e. The number of aromatic hydroxyl groups is 1. The first kappa shape index (κ1) is 31.5. The molecule has 8 rings (SSSR count). The zero-order chi connectivity index (χ0) is 34.7. The van der Waals surface area contributed by atoms with Gasteiger partial charge in [0, 0.05) is 22.9 Å². The topological polar surface area (TPSA) is 107 Å². The van der Waals surface area contributed by atoms with Crippen molar-refractivity contribution < 1.29 is 24.3 Å². The Morgan fingerprint density at radius 3 is 2.14 bits per heavy atom. The second-order valence-electron chi connectivity index (χ2n) is 13.9. The summed E-state index contributed by atoms with van der Waals surface area (Å²) in [6.45, 7) is 5.67. The number of carbonyl (C=O) groups excluding carboxylic acids is 4. The van der Waals surface area contributed by atoms with Crippen molar-refractivity contribution in [2.24, 2.45) is 29.1 Å². The van der Waals surface area contributed by atoms with Crippen LogP contribution in [0.25, 0.3) is 0 Å². The number of imide groups is 2. The van der Waals surface area contributed by atoms with E-state index in [9.17, 15) is 24.3 Å². The first-order valence-electron chi connectivity index (χ1n) is 17.1. The number of para-hydroxylation sites is 3. The van der Waals surface area contributed by atoms with Gasteiger partial charge in [-0.3, -0.25) is 24.1 Å². The molecule has 2 aliphatic heterocycles. The van der Waals surface area contributed by atoms with E-state index in [4.69, 9.17) is 0 Å². The van der Waals surface area contributed by atoms with Gasteiger partial charge in [-0.15, -0.1) is 6.58 Å². The number of allylic oxidation sites excluding steroid dienone is 3. The lowest BCUT2D eigenvalue weighted by Gasteiger charge is -2.49. The molecule has 0 bridgehead atoms. The van der Waals surface area contributed by atoms with E-state index in [0.29, 0.717) is 35.3 Å². The number of carbonyl (C=O) groups is 4. The highest BCUT2D eigenvalue weighted by Crippen LogP contribution is 2.64. The SMILES string of the molecule is C=CCc1cccc(C2C3=CCC4C(=O)N(c5ccc(Nc6ccccc6)cc5)C(=O)C4C3CC3C(=O)N(c4ccccc4)C(=O)C32C)c1O. The van der Waals surface area contributed by atoms with Crippen molar-refractivity contribution in [2.45, 2.75) is 32.1 Å². The highest BCUT2D eigenvalue weighted by molar-refractivity contribution is 6.25. The average Bonchev–Trinajstić information content (AvgIpc) is 3.50. The first-order valence-corrected chi connectivity index (χ1v) is 17.1. The monoisotopic (exact) mass is 663 g/mol. The highest BCUT2D eigenvalue weighted by atomic mass is 16.3. The Kier molecular flexibility index (Phi) is 7.55. The number of amides is 4. The predicted octanol–water partition coefficient (Wildman–Crippen LogP) is 7.30. The van der Waals surface area contributed by atoms with Crippen LogP contribution in [0, 0.1) is 29.1 Å². The minimum absolute atomic E-state index is 0.0547. The predicted molar refractivity (Wildman–Crippen MR) is 192 cm³/mol. The first-order chi connectivity index (χ1) is 24.2. The summed E-state index contributed by atoms with van der Waals surface area (Å²) >= 11 is 0. The Hall–Kier alpha value is -5.76. The summed E-state index contributed by atoms with van der Waals surface area (Å²) in [6, 6.07) is 31.3. The van der Waals surface area contributed by atoms with Gasteiger partial charge in [0.05, 0.1) is 34.5 Å². The third kappa shape index (κ3) is 4.65. The molecule has 0 aromatic heterocycles. The lowest BCUT2D eigenvalue weighted by atomic mass is 9.51. The number of hydrogen-bond acceptors (Lipinski definition) is 6. The van der Waals surface area contributed by atoms with Crippen molar-refractivity contribution in [1.29, 1.82) is 0 Å². The van der Waals surface area contributed by atoms with Gasteiger partial charge in [0.25, 0.3) is 0 Å². The van der Waals surface area contributed by atoms with Crippen molar-refractivity contribution in [3.05, 3.63) is 139 Å². The molecular weight excluding hydrogens is 626 g/mol. The summed E-state index contributed by atoms with van der Waals surface area (Å²) in [5, 5.41) is 15.0. The molecule has 4 aromatic rings. The molecule has 0 radical (unpaired) electrons. The van der Waals surface area contributed by atoms with Crippen molar-refractivity contribution in [3.8, 4) is 5.75 Å². The fourth-order valence-electron chi connectivity index (χ4n) is 8.98. The third-order valence-corrected chi connectivity index (χ3v) is 11.3. The number of phenolic OH excluding ortho intramolecular Hbond substituents is 1. The van der Waals surface area contributed by atoms with Crippen LogP contribution < -0.4 is 15.1 Å². The molecular formula is C42H37N3O5. The van der Waals surface area contributed by atoms with Crippen molar-refractivity contribution in [2.75, 3.05) is 15.1 Å². The van der Waals surface area contributed by atoms with Crippen molar-refractivity contribution in [1.82, 2.24) is 0 Å². The van der Waals surface area contributed by atoms with Gasteiger partial charge in [-0.05, 0) is 86.2 Å². The van der Waals surface area contributed by atoms with Crippen LogP contribution in [0.1, 0.15) is 36.8 Å². The summed E-state index contributed by atoms with van der Waals surface area (Å²) in [4.78, 5) is 60.1. The quantitative estimate of drug-likeness (QED) is 0.159.